The van der Waals surface area contributed by atoms with Crippen LogP contribution in [0.4, 0.5) is 0 Å². The van der Waals surface area contributed by atoms with Crippen molar-refractivity contribution >= 4 is 16.0 Å². The van der Waals surface area contributed by atoms with Crippen LogP contribution in [-0.2, 0) is 19.6 Å². The van der Waals surface area contributed by atoms with Crippen molar-refractivity contribution in [2.24, 2.45) is 0 Å². The van der Waals surface area contributed by atoms with E-state index in [4.69, 9.17) is 9.84 Å². The third-order valence-electron chi connectivity index (χ3n) is 4.17. The van der Waals surface area contributed by atoms with Gasteiger partial charge in [-0.25, -0.2) is 17.9 Å². The van der Waals surface area contributed by atoms with Crippen molar-refractivity contribution in [3.8, 4) is 0 Å². The van der Waals surface area contributed by atoms with Crippen LogP contribution >= 0.6 is 0 Å². The second-order valence-corrected chi connectivity index (χ2v) is 7.96. The number of benzene rings is 1. The third kappa shape index (κ3) is 6.26. The number of allylic oxidation sites excluding steroid dienone is 1. The molecule has 0 amide bonds. The Kier molecular flexibility index (Phi) is 7.16. The van der Waals surface area contributed by atoms with E-state index in [2.05, 4.69) is 10.8 Å². The summed E-state index contributed by atoms with van der Waals surface area (Å²) in [6.07, 6.45) is 6.12. The van der Waals surface area contributed by atoms with Gasteiger partial charge >= 0.3 is 5.97 Å². The van der Waals surface area contributed by atoms with Crippen LogP contribution < -0.4 is 4.72 Å². The van der Waals surface area contributed by atoms with Crippen LogP contribution in [0.5, 0.6) is 0 Å². The molecule has 0 heterocycles. The molecule has 0 saturated carbocycles. The fraction of sp³-hybridized carbons (Fsp3) is 0.500. The number of aryl methyl sites for hydroxylation is 1. The summed E-state index contributed by atoms with van der Waals surface area (Å²) in [5, 5.41) is 8.50. The molecular formula is C18H25NO5S. The summed E-state index contributed by atoms with van der Waals surface area (Å²) in [4.78, 5) is 10.6. The maximum atomic E-state index is 12.5. The summed E-state index contributed by atoms with van der Waals surface area (Å²) in [5.74, 6) is -0.968. The highest BCUT2D eigenvalue weighted by atomic mass is 32.2. The molecule has 1 aliphatic rings. The lowest BCUT2D eigenvalue weighted by atomic mass is 10.1. The first-order valence-corrected chi connectivity index (χ1v) is 9.94. The zero-order valence-electron chi connectivity index (χ0n) is 14.4. The van der Waals surface area contributed by atoms with E-state index >= 15 is 0 Å². The molecule has 6 nitrogen and oxygen atoms in total. The highest BCUT2D eigenvalue weighted by Crippen LogP contribution is 2.25. The largest absolute Gasteiger partial charge is 0.480 e. The van der Waals surface area contributed by atoms with Gasteiger partial charge < -0.3 is 9.84 Å². The molecule has 1 aromatic carbocycles. The minimum atomic E-state index is -3.52. The Hall–Kier alpha value is -1.70. The fourth-order valence-electron chi connectivity index (χ4n) is 2.84. The number of ether oxygens (including phenoxy) is 1. The van der Waals surface area contributed by atoms with Crippen molar-refractivity contribution < 1.29 is 23.1 Å². The van der Waals surface area contributed by atoms with E-state index in [1.54, 1.807) is 24.3 Å². The second-order valence-electron chi connectivity index (χ2n) is 6.25. The number of hydrogen-bond acceptors (Lipinski definition) is 4. The molecule has 0 aromatic heterocycles. The van der Waals surface area contributed by atoms with Crippen molar-refractivity contribution in [2.45, 2.75) is 50.0 Å². The molecule has 25 heavy (non-hydrogen) atoms. The molecule has 0 aliphatic heterocycles. The Bertz CT molecular complexity index is 709. The summed E-state index contributed by atoms with van der Waals surface area (Å²) in [6.45, 7) is 2.04. The number of aliphatic carboxylic acids is 1. The lowest BCUT2D eigenvalue weighted by Crippen LogP contribution is -2.34. The first kappa shape index (κ1) is 19.6. The lowest BCUT2D eigenvalue weighted by molar-refractivity contribution is -0.142. The molecule has 0 spiro atoms. The van der Waals surface area contributed by atoms with E-state index in [0.717, 1.165) is 43.2 Å². The van der Waals surface area contributed by atoms with E-state index < -0.39 is 16.0 Å². The van der Waals surface area contributed by atoms with Gasteiger partial charge in [0.2, 0.25) is 10.0 Å². The number of unbranched alkanes of at least 4 members (excludes halogenated alkanes) is 1. The standard InChI is InChI=1S/C18H25NO5S/c1-14-8-10-16(11-9-14)25(22,23)19-17-7-4-6-15(17)5-2-3-12-24-13-18(20)21/h6,8-11,17,19H,2-5,7,12-13H2,1H3,(H,20,21)/t17-/m0/s1. The zero-order valence-corrected chi connectivity index (χ0v) is 15.2. The van der Waals surface area contributed by atoms with Crippen molar-refractivity contribution in [2.75, 3.05) is 13.2 Å². The monoisotopic (exact) mass is 367 g/mol. The number of sulfonamides is 1. The van der Waals surface area contributed by atoms with Crippen LogP contribution in [0.2, 0.25) is 0 Å². The molecule has 0 fully saturated rings. The maximum Gasteiger partial charge on any atom is 0.329 e. The number of carbonyl (C=O) groups is 1. The summed E-state index contributed by atoms with van der Waals surface area (Å²) >= 11 is 0. The van der Waals surface area contributed by atoms with Gasteiger partial charge in [-0.15, -0.1) is 0 Å². The van der Waals surface area contributed by atoms with E-state index in [9.17, 15) is 13.2 Å². The van der Waals surface area contributed by atoms with E-state index in [1.807, 2.05) is 6.92 Å². The quantitative estimate of drug-likeness (QED) is 0.490. The molecule has 2 rings (SSSR count). The highest BCUT2D eigenvalue weighted by Gasteiger charge is 2.25. The van der Waals surface area contributed by atoms with Crippen LogP contribution in [0.3, 0.4) is 0 Å². The molecule has 1 atom stereocenters. The first-order valence-electron chi connectivity index (χ1n) is 8.46. The minimum Gasteiger partial charge on any atom is -0.480 e. The molecule has 138 valence electrons. The molecule has 7 heteroatoms. The number of hydrogen-bond donors (Lipinski definition) is 2. The van der Waals surface area contributed by atoms with Gasteiger partial charge in [0, 0.05) is 12.6 Å². The molecule has 0 bridgehead atoms. The van der Waals surface area contributed by atoms with Gasteiger partial charge in [-0.3, -0.25) is 0 Å². The van der Waals surface area contributed by atoms with Crippen LogP contribution in [0.1, 0.15) is 37.7 Å². The lowest BCUT2D eigenvalue weighted by Gasteiger charge is -2.17. The Morgan fingerprint density at radius 1 is 1.28 bits per heavy atom. The Morgan fingerprint density at radius 2 is 2.00 bits per heavy atom. The molecular weight excluding hydrogens is 342 g/mol. The van der Waals surface area contributed by atoms with Crippen molar-refractivity contribution in [3.63, 3.8) is 0 Å². The van der Waals surface area contributed by atoms with Crippen LogP contribution in [0.15, 0.2) is 40.8 Å². The smallest absolute Gasteiger partial charge is 0.329 e. The maximum absolute atomic E-state index is 12.5. The van der Waals surface area contributed by atoms with Crippen molar-refractivity contribution in [3.05, 3.63) is 41.5 Å². The predicted octanol–water partition coefficient (Wildman–Crippen LogP) is 2.63. The summed E-state index contributed by atoms with van der Waals surface area (Å²) in [7, 11) is -3.52. The Morgan fingerprint density at radius 3 is 2.68 bits per heavy atom. The molecule has 2 N–H and O–H groups in total. The first-order chi connectivity index (χ1) is 11.9. The average Bonchev–Trinajstić information content (AvgIpc) is 2.97. The Labute approximate surface area is 148 Å². The van der Waals surface area contributed by atoms with Crippen LogP contribution in [0, 0.1) is 6.92 Å². The van der Waals surface area contributed by atoms with Gasteiger partial charge in [0.15, 0.2) is 0 Å². The number of carboxylic acid groups (broad SMARTS) is 1. The number of carboxylic acids is 1. The second kappa shape index (κ2) is 9.12. The zero-order chi connectivity index (χ0) is 18.3. The molecule has 0 radical (unpaired) electrons. The molecule has 0 unspecified atom stereocenters. The van der Waals surface area contributed by atoms with Gasteiger partial charge in [-0.1, -0.05) is 29.3 Å². The topological polar surface area (TPSA) is 92.7 Å². The fourth-order valence-corrected chi connectivity index (χ4v) is 4.11. The van der Waals surface area contributed by atoms with Crippen molar-refractivity contribution in [1.29, 1.82) is 0 Å². The van der Waals surface area contributed by atoms with E-state index in [1.165, 1.54) is 0 Å². The third-order valence-corrected chi connectivity index (χ3v) is 5.66. The predicted molar refractivity (Wildman–Crippen MR) is 94.9 cm³/mol. The normalized spacial score (nSPS) is 17.5. The minimum absolute atomic E-state index is 0.161. The van der Waals surface area contributed by atoms with E-state index in [-0.39, 0.29) is 17.5 Å². The van der Waals surface area contributed by atoms with Gasteiger partial charge in [0.1, 0.15) is 6.61 Å². The van der Waals surface area contributed by atoms with Gasteiger partial charge in [0.25, 0.3) is 0 Å². The number of rotatable bonds is 10. The van der Waals surface area contributed by atoms with Crippen LogP contribution in [0.25, 0.3) is 0 Å². The Balaban J connectivity index is 1.82. The van der Waals surface area contributed by atoms with Gasteiger partial charge in [-0.05, 0) is 51.2 Å². The summed E-state index contributed by atoms with van der Waals surface area (Å²) < 4.78 is 32.8. The van der Waals surface area contributed by atoms with Crippen LogP contribution in [-0.4, -0.2) is 38.7 Å². The molecule has 1 aliphatic carbocycles. The summed E-state index contributed by atoms with van der Waals surface area (Å²) in [5.41, 5.74) is 2.12. The molecule has 0 saturated heterocycles. The summed E-state index contributed by atoms with van der Waals surface area (Å²) in [6, 6.07) is 6.66. The van der Waals surface area contributed by atoms with E-state index in [0.29, 0.717) is 6.61 Å². The highest BCUT2D eigenvalue weighted by molar-refractivity contribution is 7.89. The number of nitrogens with one attached hydrogen (secondary N) is 1. The van der Waals surface area contributed by atoms with Gasteiger partial charge in [0.05, 0.1) is 4.90 Å². The average molecular weight is 367 g/mol. The van der Waals surface area contributed by atoms with Crippen molar-refractivity contribution in [1.82, 2.24) is 4.72 Å². The SMILES string of the molecule is Cc1ccc(S(=O)(=O)N[C@H]2CCC=C2CCCCOCC(=O)O)cc1. The molecule has 1 aromatic rings. The van der Waals surface area contributed by atoms with Gasteiger partial charge in [-0.2, -0.15) is 0 Å².